The van der Waals surface area contributed by atoms with Gasteiger partial charge in [-0.2, -0.15) is 0 Å². The van der Waals surface area contributed by atoms with E-state index in [4.69, 9.17) is 4.74 Å². The minimum absolute atomic E-state index is 0.0512. The molecule has 0 bridgehead atoms. The van der Waals surface area contributed by atoms with Crippen LogP contribution in [-0.4, -0.2) is 51.8 Å². The lowest BCUT2D eigenvalue weighted by Gasteiger charge is -2.31. The van der Waals surface area contributed by atoms with Crippen LogP contribution in [0.3, 0.4) is 0 Å². The molecule has 1 unspecified atom stereocenters. The molecule has 1 aliphatic rings. The third-order valence-electron chi connectivity index (χ3n) is 3.94. The Kier molecular flexibility index (Phi) is 6.42. The first-order valence-corrected chi connectivity index (χ1v) is 9.02. The van der Waals surface area contributed by atoms with Crippen LogP contribution >= 0.6 is 11.8 Å². The zero-order valence-corrected chi connectivity index (χ0v) is 15.1. The quantitative estimate of drug-likeness (QED) is 0.446. The van der Waals surface area contributed by atoms with Crippen molar-refractivity contribution in [3.8, 4) is 0 Å². The predicted octanol–water partition coefficient (Wildman–Crippen LogP) is 0.983. The maximum Gasteiger partial charge on any atom is 0.310 e. The summed E-state index contributed by atoms with van der Waals surface area (Å²) in [7, 11) is 1.64. The lowest BCUT2D eigenvalue weighted by molar-refractivity contribution is -0.151. The normalized spacial score (nSPS) is 17.6. The van der Waals surface area contributed by atoms with E-state index >= 15 is 0 Å². The summed E-state index contributed by atoms with van der Waals surface area (Å²) < 4.78 is 6.48. The number of likely N-dealkylation sites (tertiary alicyclic amines) is 1. The van der Waals surface area contributed by atoms with E-state index in [-0.39, 0.29) is 29.1 Å². The van der Waals surface area contributed by atoms with Crippen LogP contribution < -0.4 is 5.56 Å². The second-order valence-electron chi connectivity index (χ2n) is 5.80. The number of piperidine rings is 1. The molecular weight excluding hydrogens is 330 g/mol. The Morgan fingerprint density at radius 3 is 2.92 bits per heavy atom. The number of aromatic nitrogens is 2. The molecule has 1 saturated heterocycles. The monoisotopic (exact) mass is 353 g/mol. The molecule has 1 aromatic heterocycles. The van der Waals surface area contributed by atoms with Crippen LogP contribution in [-0.2, 0) is 21.4 Å². The van der Waals surface area contributed by atoms with Gasteiger partial charge in [0.15, 0.2) is 5.16 Å². The van der Waals surface area contributed by atoms with Crippen molar-refractivity contribution in [3.63, 3.8) is 0 Å². The molecule has 0 aromatic carbocycles. The van der Waals surface area contributed by atoms with Crippen molar-refractivity contribution in [2.24, 2.45) is 13.0 Å². The Morgan fingerprint density at radius 1 is 1.46 bits per heavy atom. The average molecular weight is 353 g/mol. The largest absolute Gasteiger partial charge is 0.466 e. The van der Waals surface area contributed by atoms with Crippen molar-refractivity contribution in [2.45, 2.75) is 31.8 Å². The molecule has 0 N–H and O–H groups in total. The molecular formula is C16H23N3O4S. The van der Waals surface area contributed by atoms with Crippen molar-refractivity contribution in [2.75, 3.05) is 25.4 Å². The van der Waals surface area contributed by atoms with Gasteiger partial charge in [-0.05, 0) is 26.7 Å². The molecule has 1 aromatic rings. The fourth-order valence-corrected chi connectivity index (χ4v) is 3.56. The average Bonchev–Trinajstić information content (AvgIpc) is 2.56. The fraction of sp³-hybridized carbons (Fsp3) is 0.625. The van der Waals surface area contributed by atoms with Crippen molar-refractivity contribution < 1.29 is 14.3 Å². The molecule has 1 amide bonds. The van der Waals surface area contributed by atoms with Gasteiger partial charge in [0.25, 0.3) is 5.56 Å². The van der Waals surface area contributed by atoms with Crippen LogP contribution in [0.5, 0.6) is 0 Å². The van der Waals surface area contributed by atoms with Gasteiger partial charge in [-0.15, -0.1) is 0 Å². The lowest BCUT2D eigenvalue weighted by atomic mass is 9.98. The molecule has 1 aliphatic heterocycles. The Hall–Kier alpha value is -1.83. The summed E-state index contributed by atoms with van der Waals surface area (Å²) in [5, 5.41) is 0.521. The number of amides is 1. The summed E-state index contributed by atoms with van der Waals surface area (Å²) in [5.74, 6) is -0.330. The van der Waals surface area contributed by atoms with Gasteiger partial charge in [0.1, 0.15) is 0 Å². The molecule has 8 heteroatoms. The number of carbonyl (C=O) groups is 2. The van der Waals surface area contributed by atoms with E-state index in [0.717, 1.165) is 12.8 Å². The van der Waals surface area contributed by atoms with Crippen LogP contribution in [0, 0.1) is 12.8 Å². The van der Waals surface area contributed by atoms with E-state index in [9.17, 15) is 14.4 Å². The van der Waals surface area contributed by atoms with E-state index in [2.05, 4.69) is 4.98 Å². The van der Waals surface area contributed by atoms with Gasteiger partial charge >= 0.3 is 5.97 Å². The number of hydrogen-bond donors (Lipinski definition) is 0. The van der Waals surface area contributed by atoms with Crippen molar-refractivity contribution >= 4 is 23.6 Å². The summed E-state index contributed by atoms with van der Waals surface area (Å²) in [6.45, 7) is 4.93. The number of nitrogens with zero attached hydrogens (tertiary/aromatic N) is 3. The standard InChI is InChI=1S/C16H23N3O4S/c1-4-23-15(22)12-6-5-7-19(9-12)14(21)10-24-16-17-11(2)8-13(20)18(16)3/h8,12H,4-7,9-10H2,1-3H3. The highest BCUT2D eigenvalue weighted by Gasteiger charge is 2.29. The van der Waals surface area contributed by atoms with E-state index in [1.54, 1.807) is 25.8 Å². The predicted molar refractivity (Wildman–Crippen MR) is 90.9 cm³/mol. The summed E-state index contributed by atoms with van der Waals surface area (Å²) >= 11 is 1.24. The highest BCUT2D eigenvalue weighted by molar-refractivity contribution is 7.99. The zero-order valence-electron chi connectivity index (χ0n) is 14.3. The van der Waals surface area contributed by atoms with Crippen LogP contribution in [0.2, 0.25) is 0 Å². The second-order valence-corrected chi connectivity index (χ2v) is 6.74. The third kappa shape index (κ3) is 4.59. The fourth-order valence-electron chi connectivity index (χ4n) is 2.63. The van der Waals surface area contributed by atoms with Crippen molar-refractivity contribution in [1.29, 1.82) is 0 Å². The van der Waals surface area contributed by atoms with Crippen LogP contribution in [0.15, 0.2) is 16.0 Å². The van der Waals surface area contributed by atoms with Gasteiger partial charge in [0.2, 0.25) is 5.91 Å². The number of thioether (sulfide) groups is 1. The van der Waals surface area contributed by atoms with E-state index in [1.165, 1.54) is 22.4 Å². The number of ether oxygens (including phenoxy) is 1. The van der Waals surface area contributed by atoms with Crippen molar-refractivity contribution in [1.82, 2.24) is 14.5 Å². The van der Waals surface area contributed by atoms with Gasteiger partial charge in [-0.1, -0.05) is 11.8 Å². The molecule has 2 rings (SSSR count). The SMILES string of the molecule is CCOC(=O)C1CCCN(C(=O)CSc2nc(C)cc(=O)n2C)C1. The van der Waals surface area contributed by atoms with Gasteiger partial charge < -0.3 is 9.64 Å². The first-order chi connectivity index (χ1) is 11.4. The number of hydrogen-bond acceptors (Lipinski definition) is 6. The Balaban J connectivity index is 1.95. The molecule has 0 radical (unpaired) electrons. The van der Waals surface area contributed by atoms with Gasteiger partial charge in [-0.3, -0.25) is 19.0 Å². The number of aryl methyl sites for hydroxylation is 1. The highest BCUT2D eigenvalue weighted by Crippen LogP contribution is 2.20. The minimum atomic E-state index is -0.242. The van der Waals surface area contributed by atoms with Crippen molar-refractivity contribution in [3.05, 3.63) is 22.1 Å². The van der Waals surface area contributed by atoms with Gasteiger partial charge in [0.05, 0.1) is 18.3 Å². The number of carbonyl (C=O) groups excluding carboxylic acids is 2. The van der Waals surface area contributed by atoms with Crippen LogP contribution in [0.1, 0.15) is 25.5 Å². The number of esters is 1. The third-order valence-corrected chi connectivity index (χ3v) is 4.96. The summed E-state index contributed by atoms with van der Waals surface area (Å²) in [4.78, 5) is 42.0. The maximum absolute atomic E-state index is 12.4. The molecule has 1 fully saturated rings. The number of rotatable bonds is 5. The molecule has 0 aliphatic carbocycles. The lowest BCUT2D eigenvalue weighted by Crippen LogP contribution is -2.43. The van der Waals surface area contributed by atoms with Crippen LogP contribution in [0.4, 0.5) is 0 Å². The molecule has 2 heterocycles. The summed E-state index contributed by atoms with van der Waals surface area (Å²) in [6, 6.07) is 1.46. The minimum Gasteiger partial charge on any atom is -0.466 e. The Bertz CT molecular complexity index is 674. The molecule has 1 atom stereocenters. The summed E-state index contributed by atoms with van der Waals surface area (Å²) in [5.41, 5.74) is 0.492. The highest BCUT2D eigenvalue weighted by atomic mass is 32.2. The van der Waals surface area contributed by atoms with Gasteiger partial charge in [0, 0.05) is 31.9 Å². The van der Waals surface area contributed by atoms with E-state index < -0.39 is 0 Å². The topological polar surface area (TPSA) is 81.5 Å². The molecule has 24 heavy (non-hydrogen) atoms. The molecule has 7 nitrogen and oxygen atoms in total. The van der Waals surface area contributed by atoms with Crippen LogP contribution in [0.25, 0.3) is 0 Å². The van der Waals surface area contributed by atoms with E-state index in [1.807, 2.05) is 0 Å². The van der Waals surface area contributed by atoms with Gasteiger partial charge in [-0.25, -0.2) is 4.98 Å². The van der Waals surface area contributed by atoms with E-state index in [0.29, 0.717) is 30.5 Å². The first kappa shape index (κ1) is 18.5. The Labute approximate surface area is 145 Å². The second kappa shape index (κ2) is 8.32. The zero-order chi connectivity index (χ0) is 17.7. The maximum atomic E-state index is 12.4. The summed E-state index contributed by atoms with van der Waals surface area (Å²) in [6.07, 6.45) is 1.55. The first-order valence-electron chi connectivity index (χ1n) is 8.04. The molecule has 132 valence electrons. The molecule has 0 spiro atoms. The Morgan fingerprint density at radius 2 is 2.21 bits per heavy atom. The smallest absolute Gasteiger partial charge is 0.310 e. The molecule has 0 saturated carbocycles.